The summed E-state index contributed by atoms with van der Waals surface area (Å²) in [6.45, 7) is 4.97. The summed E-state index contributed by atoms with van der Waals surface area (Å²) in [5.74, 6) is 0. The van der Waals surface area contributed by atoms with Crippen LogP contribution in [0, 0.1) is 0 Å². The summed E-state index contributed by atoms with van der Waals surface area (Å²) in [4.78, 5) is 0. The zero-order chi connectivity index (χ0) is 12.5. The second-order valence-corrected chi connectivity index (χ2v) is 4.64. The standard InChI is InChI=1S/C13H20N4/c1-3-17-8-7-11(16-17)9-13(15)10(2)5-4-6-12(13)14/h4-8,12H,3,9,14-15H2,1-2H3. The molecule has 0 spiro atoms. The van der Waals surface area contributed by atoms with E-state index < -0.39 is 5.54 Å². The van der Waals surface area contributed by atoms with Crippen molar-refractivity contribution in [2.24, 2.45) is 11.5 Å². The molecule has 0 saturated heterocycles. The first kappa shape index (κ1) is 12.1. The lowest BCUT2D eigenvalue weighted by molar-refractivity contribution is 0.432. The van der Waals surface area contributed by atoms with Crippen molar-refractivity contribution in [2.75, 3.05) is 0 Å². The second-order valence-electron chi connectivity index (χ2n) is 4.64. The number of hydrogen-bond donors (Lipinski definition) is 2. The molecule has 1 aromatic heterocycles. The molecule has 1 aliphatic rings. The summed E-state index contributed by atoms with van der Waals surface area (Å²) >= 11 is 0. The Morgan fingerprint density at radius 1 is 1.53 bits per heavy atom. The molecule has 0 bridgehead atoms. The van der Waals surface area contributed by atoms with E-state index in [0.717, 1.165) is 17.8 Å². The summed E-state index contributed by atoms with van der Waals surface area (Å²) in [5, 5.41) is 4.47. The predicted octanol–water partition coefficient (Wildman–Crippen LogP) is 0.986. The number of aryl methyl sites for hydroxylation is 1. The molecule has 0 saturated carbocycles. The fourth-order valence-corrected chi connectivity index (χ4v) is 2.14. The van der Waals surface area contributed by atoms with Gasteiger partial charge in [0.2, 0.25) is 0 Å². The fourth-order valence-electron chi connectivity index (χ4n) is 2.14. The van der Waals surface area contributed by atoms with Crippen molar-refractivity contribution >= 4 is 0 Å². The topological polar surface area (TPSA) is 69.9 Å². The third kappa shape index (κ3) is 2.18. The highest BCUT2D eigenvalue weighted by Crippen LogP contribution is 2.25. The highest BCUT2D eigenvalue weighted by Gasteiger charge is 2.35. The third-order valence-corrected chi connectivity index (χ3v) is 3.49. The summed E-state index contributed by atoms with van der Waals surface area (Å²) in [5.41, 5.74) is 14.1. The average Bonchev–Trinajstić information content (AvgIpc) is 2.74. The SMILES string of the molecule is CCn1ccc(CC2(N)C(C)=CC=CC2N)n1. The predicted molar refractivity (Wildman–Crippen MR) is 69.4 cm³/mol. The highest BCUT2D eigenvalue weighted by molar-refractivity contribution is 5.35. The maximum atomic E-state index is 6.44. The van der Waals surface area contributed by atoms with E-state index in [1.165, 1.54) is 0 Å². The summed E-state index contributed by atoms with van der Waals surface area (Å²) in [6.07, 6.45) is 8.59. The quantitative estimate of drug-likeness (QED) is 0.816. The molecule has 1 heterocycles. The Labute approximate surface area is 102 Å². The van der Waals surface area contributed by atoms with Gasteiger partial charge in [-0.2, -0.15) is 5.10 Å². The minimum absolute atomic E-state index is 0.153. The Balaban J connectivity index is 2.22. The van der Waals surface area contributed by atoms with Crippen LogP contribution in [0.25, 0.3) is 0 Å². The molecule has 2 atom stereocenters. The Bertz CT molecular complexity index is 458. The number of nitrogens with zero attached hydrogens (tertiary/aromatic N) is 2. The van der Waals surface area contributed by atoms with Crippen LogP contribution in [0.3, 0.4) is 0 Å². The number of hydrogen-bond acceptors (Lipinski definition) is 3. The van der Waals surface area contributed by atoms with E-state index in [9.17, 15) is 0 Å². The molecular formula is C13H20N4. The van der Waals surface area contributed by atoms with E-state index in [2.05, 4.69) is 12.0 Å². The average molecular weight is 232 g/mol. The molecule has 4 N–H and O–H groups in total. The maximum Gasteiger partial charge on any atom is 0.0647 e. The monoisotopic (exact) mass is 232 g/mol. The minimum atomic E-state index is -0.512. The van der Waals surface area contributed by atoms with Crippen LogP contribution >= 0.6 is 0 Å². The maximum absolute atomic E-state index is 6.44. The van der Waals surface area contributed by atoms with Crippen molar-refractivity contribution in [1.82, 2.24) is 9.78 Å². The molecule has 17 heavy (non-hydrogen) atoms. The lowest BCUT2D eigenvalue weighted by Gasteiger charge is -2.36. The Morgan fingerprint density at radius 2 is 2.29 bits per heavy atom. The van der Waals surface area contributed by atoms with Crippen molar-refractivity contribution in [1.29, 1.82) is 0 Å². The van der Waals surface area contributed by atoms with E-state index in [1.807, 2.05) is 42.1 Å². The van der Waals surface area contributed by atoms with Gasteiger partial charge in [0.05, 0.1) is 11.2 Å². The fraction of sp³-hybridized carbons (Fsp3) is 0.462. The molecule has 2 unspecified atom stereocenters. The lowest BCUT2D eigenvalue weighted by Crippen LogP contribution is -2.57. The molecule has 1 aromatic rings. The number of aromatic nitrogens is 2. The van der Waals surface area contributed by atoms with Crippen LogP contribution in [0.2, 0.25) is 0 Å². The van der Waals surface area contributed by atoms with Crippen molar-refractivity contribution in [2.45, 2.75) is 38.4 Å². The zero-order valence-electron chi connectivity index (χ0n) is 10.4. The van der Waals surface area contributed by atoms with E-state index >= 15 is 0 Å². The number of rotatable bonds is 3. The Kier molecular flexibility index (Phi) is 3.17. The van der Waals surface area contributed by atoms with Gasteiger partial charge in [0, 0.05) is 25.2 Å². The summed E-state index contributed by atoms with van der Waals surface area (Å²) in [6, 6.07) is 1.86. The van der Waals surface area contributed by atoms with Crippen molar-refractivity contribution in [3.8, 4) is 0 Å². The van der Waals surface area contributed by atoms with E-state index in [4.69, 9.17) is 11.5 Å². The van der Waals surface area contributed by atoms with Gasteiger partial charge in [0.1, 0.15) is 0 Å². The Morgan fingerprint density at radius 3 is 2.88 bits per heavy atom. The first-order chi connectivity index (χ1) is 8.06. The molecule has 2 rings (SSSR count). The molecule has 4 nitrogen and oxygen atoms in total. The van der Waals surface area contributed by atoms with Gasteiger partial charge in [-0.3, -0.25) is 4.68 Å². The Hall–Kier alpha value is -1.39. The minimum Gasteiger partial charge on any atom is -0.323 e. The van der Waals surface area contributed by atoms with E-state index in [-0.39, 0.29) is 6.04 Å². The van der Waals surface area contributed by atoms with E-state index in [0.29, 0.717) is 6.42 Å². The number of allylic oxidation sites excluding steroid dienone is 2. The first-order valence-electron chi connectivity index (χ1n) is 5.98. The van der Waals surface area contributed by atoms with Crippen LogP contribution in [-0.4, -0.2) is 21.4 Å². The van der Waals surface area contributed by atoms with E-state index in [1.54, 1.807) is 0 Å². The molecule has 0 aliphatic heterocycles. The van der Waals surface area contributed by atoms with Crippen molar-refractivity contribution < 1.29 is 0 Å². The third-order valence-electron chi connectivity index (χ3n) is 3.49. The van der Waals surface area contributed by atoms with Gasteiger partial charge in [-0.05, 0) is 19.9 Å². The molecule has 0 radical (unpaired) electrons. The van der Waals surface area contributed by atoms with Gasteiger partial charge in [-0.1, -0.05) is 23.8 Å². The summed E-state index contributed by atoms with van der Waals surface area (Å²) < 4.78 is 1.90. The normalized spacial score (nSPS) is 28.2. The summed E-state index contributed by atoms with van der Waals surface area (Å²) in [7, 11) is 0. The molecule has 4 heteroatoms. The van der Waals surface area contributed by atoms with Crippen molar-refractivity contribution in [3.05, 3.63) is 41.8 Å². The van der Waals surface area contributed by atoms with Gasteiger partial charge < -0.3 is 11.5 Å². The smallest absolute Gasteiger partial charge is 0.0647 e. The van der Waals surface area contributed by atoms with Crippen molar-refractivity contribution in [3.63, 3.8) is 0 Å². The largest absolute Gasteiger partial charge is 0.323 e. The van der Waals surface area contributed by atoms with Gasteiger partial charge in [0.25, 0.3) is 0 Å². The molecule has 0 amide bonds. The van der Waals surface area contributed by atoms with Crippen LogP contribution < -0.4 is 11.5 Å². The molecule has 92 valence electrons. The van der Waals surface area contributed by atoms with Crippen LogP contribution in [0.15, 0.2) is 36.1 Å². The lowest BCUT2D eigenvalue weighted by atomic mass is 9.78. The van der Waals surface area contributed by atoms with Crippen LogP contribution in [0.4, 0.5) is 0 Å². The van der Waals surface area contributed by atoms with Crippen LogP contribution in [-0.2, 0) is 13.0 Å². The molecular weight excluding hydrogens is 212 g/mol. The molecule has 1 aliphatic carbocycles. The van der Waals surface area contributed by atoms with Crippen LogP contribution in [0.5, 0.6) is 0 Å². The highest BCUT2D eigenvalue weighted by atomic mass is 15.3. The molecule has 0 aromatic carbocycles. The van der Waals surface area contributed by atoms with Gasteiger partial charge >= 0.3 is 0 Å². The van der Waals surface area contributed by atoms with Crippen LogP contribution in [0.1, 0.15) is 19.5 Å². The zero-order valence-corrected chi connectivity index (χ0v) is 10.4. The molecule has 0 fully saturated rings. The first-order valence-corrected chi connectivity index (χ1v) is 5.98. The number of nitrogens with two attached hydrogens (primary N) is 2. The van der Waals surface area contributed by atoms with Gasteiger partial charge in [-0.25, -0.2) is 0 Å². The second kappa shape index (κ2) is 4.47. The van der Waals surface area contributed by atoms with Gasteiger partial charge in [-0.15, -0.1) is 0 Å². The van der Waals surface area contributed by atoms with Gasteiger partial charge in [0.15, 0.2) is 0 Å².